The van der Waals surface area contributed by atoms with Crippen LogP contribution in [0.5, 0.6) is 0 Å². The zero-order chi connectivity index (χ0) is 14.4. The molecule has 1 N–H and O–H groups in total. The number of hydrogen-bond donors (Lipinski definition) is 1. The molecule has 2 fully saturated rings. The molecule has 0 spiro atoms. The van der Waals surface area contributed by atoms with Crippen molar-refractivity contribution in [2.24, 2.45) is 11.8 Å². The molecular weight excluding hydrogens is 250 g/mol. The van der Waals surface area contributed by atoms with E-state index in [1.807, 2.05) is 0 Å². The van der Waals surface area contributed by atoms with Gasteiger partial charge in [0.1, 0.15) is 0 Å². The summed E-state index contributed by atoms with van der Waals surface area (Å²) in [5, 5.41) is 3.82. The predicted octanol–water partition coefficient (Wildman–Crippen LogP) is 3.38. The minimum absolute atomic E-state index is 0.0416. The topological polar surface area (TPSA) is 30.5 Å². The van der Waals surface area contributed by atoms with Crippen molar-refractivity contribution < 1.29 is 9.47 Å². The third-order valence-corrected chi connectivity index (χ3v) is 5.04. The second-order valence-electron chi connectivity index (χ2n) is 6.75. The van der Waals surface area contributed by atoms with Gasteiger partial charge in [-0.25, -0.2) is 0 Å². The number of ether oxygens (including phenoxy) is 2. The summed E-state index contributed by atoms with van der Waals surface area (Å²) < 4.78 is 12.1. The smallest absolute Gasteiger partial charge is 0.0840 e. The van der Waals surface area contributed by atoms with Gasteiger partial charge in [-0.15, -0.1) is 0 Å². The van der Waals surface area contributed by atoms with Crippen LogP contribution in [0.25, 0.3) is 0 Å². The highest BCUT2D eigenvalue weighted by molar-refractivity contribution is 5.01. The molecular formula is C17H33NO2. The Hall–Kier alpha value is -0.120. The predicted molar refractivity (Wildman–Crippen MR) is 83.0 cm³/mol. The molecule has 0 radical (unpaired) electrons. The summed E-state index contributed by atoms with van der Waals surface area (Å²) in [5.74, 6) is 1.40. The minimum Gasteiger partial charge on any atom is -0.381 e. The van der Waals surface area contributed by atoms with Crippen molar-refractivity contribution in [2.75, 3.05) is 26.4 Å². The van der Waals surface area contributed by atoms with Crippen LogP contribution in [0, 0.1) is 11.8 Å². The van der Waals surface area contributed by atoms with E-state index in [0.29, 0.717) is 12.0 Å². The fraction of sp³-hybridized carbons (Fsp3) is 1.00. The Morgan fingerprint density at radius 2 is 2.20 bits per heavy atom. The van der Waals surface area contributed by atoms with Crippen LogP contribution in [0.3, 0.4) is 0 Å². The first-order valence-corrected chi connectivity index (χ1v) is 8.67. The third kappa shape index (κ3) is 3.75. The average Bonchev–Trinajstić information content (AvgIpc) is 2.93. The van der Waals surface area contributed by atoms with Gasteiger partial charge in [-0.1, -0.05) is 26.7 Å². The van der Waals surface area contributed by atoms with E-state index in [1.165, 1.54) is 38.5 Å². The van der Waals surface area contributed by atoms with Gasteiger partial charge in [0.15, 0.2) is 0 Å². The van der Waals surface area contributed by atoms with Crippen molar-refractivity contribution in [1.29, 1.82) is 0 Å². The lowest BCUT2D eigenvalue weighted by atomic mass is 9.70. The first-order valence-electron chi connectivity index (χ1n) is 8.67. The van der Waals surface area contributed by atoms with Gasteiger partial charge in [0, 0.05) is 25.2 Å². The van der Waals surface area contributed by atoms with Gasteiger partial charge in [0.05, 0.1) is 12.2 Å². The van der Waals surface area contributed by atoms with Crippen LogP contribution >= 0.6 is 0 Å². The zero-order valence-electron chi connectivity index (χ0n) is 13.6. The van der Waals surface area contributed by atoms with Gasteiger partial charge in [-0.05, 0) is 45.1 Å². The van der Waals surface area contributed by atoms with Crippen LogP contribution in [0.4, 0.5) is 0 Å². The second kappa shape index (κ2) is 7.77. The molecule has 4 unspecified atom stereocenters. The van der Waals surface area contributed by atoms with Gasteiger partial charge in [-0.2, -0.15) is 0 Å². The van der Waals surface area contributed by atoms with Gasteiger partial charge >= 0.3 is 0 Å². The van der Waals surface area contributed by atoms with Crippen LogP contribution in [-0.4, -0.2) is 38.0 Å². The van der Waals surface area contributed by atoms with Crippen molar-refractivity contribution in [3.8, 4) is 0 Å². The maximum Gasteiger partial charge on any atom is 0.0840 e. The van der Waals surface area contributed by atoms with Crippen LogP contribution in [-0.2, 0) is 9.47 Å². The summed E-state index contributed by atoms with van der Waals surface area (Å²) in [6.45, 7) is 10.5. The van der Waals surface area contributed by atoms with E-state index in [0.717, 1.165) is 32.3 Å². The standard InChI is InChI=1S/C17H33NO2/c1-4-10-18-16(15-8-11-19-13-15)17(20-5-2)9-6-7-14(3)12-17/h14-16,18H,4-13H2,1-3H3. The van der Waals surface area contributed by atoms with E-state index in [2.05, 4.69) is 26.1 Å². The highest BCUT2D eigenvalue weighted by Gasteiger charge is 2.46. The van der Waals surface area contributed by atoms with Gasteiger partial charge in [0.25, 0.3) is 0 Å². The molecule has 1 saturated carbocycles. The number of rotatable bonds is 7. The monoisotopic (exact) mass is 283 g/mol. The summed E-state index contributed by atoms with van der Waals surface area (Å²) >= 11 is 0. The Morgan fingerprint density at radius 3 is 2.80 bits per heavy atom. The normalized spacial score (nSPS) is 36.1. The van der Waals surface area contributed by atoms with E-state index in [9.17, 15) is 0 Å². The van der Waals surface area contributed by atoms with E-state index in [4.69, 9.17) is 9.47 Å². The summed E-state index contributed by atoms with van der Waals surface area (Å²) in [4.78, 5) is 0. The molecule has 1 saturated heterocycles. The minimum atomic E-state index is 0.0416. The van der Waals surface area contributed by atoms with Crippen molar-refractivity contribution in [3.05, 3.63) is 0 Å². The molecule has 1 heterocycles. The van der Waals surface area contributed by atoms with Gasteiger partial charge in [-0.3, -0.25) is 0 Å². The van der Waals surface area contributed by atoms with Gasteiger partial charge < -0.3 is 14.8 Å². The van der Waals surface area contributed by atoms with Gasteiger partial charge in [0.2, 0.25) is 0 Å². The molecule has 2 aliphatic rings. The molecule has 0 aromatic heterocycles. The first-order chi connectivity index (χ1) is 9.72. The Labute approximate surface area is 124 Å². The lowest BCUT2D eigenvalue weighted by Crippen LogP contribution is -2.58. The van der Waals surface area contributed by atoms with Crippen molar-refractivity contribution in [3.63, 3.8) is 0 Å². The quantitative estimate of drug-likeness (QED) is 0.777. The van der Waals surface area contributed by atoms with Crippen molar-refractivity contribution in [2.45, 2.75) is 70.9 Å². The van der Waals surface area contributed by atoms with E-state index in [1.54, 1.807) is 0 Å². The highest BCUT2D eigenvalue weighted by atomic mass is 16.5. The van der Waals surface area contributed by atoms with Crippen LogP contribution in [0.1, 0.15) is 59.3 Å². The lowest BCUT2D eigenvalue weighted by Gasteiger charge is -2.47. The Balaban J connectivity index is 2.15. The summed E-state index contributed by atoms with van der Waals surface area (Å²) in [6, 6.07) is 0.465. The molecule has 3 nitrogen and oxygen atoms in total. The Bertz CT molecular complexity index is 274. The maximum atomic E-state index is 6.39. The van der Waals surface area contributed by atoms with Crippen LogP contribution in [0.15, 0.2) is 0 Å². The number of hydrogen-bond acceptors (Lipinski definition) is 3. The van der Waals surface area contributed by atoms with E-state index < -0.39 is 0 Å². The Morgan fingerprint density at radius 1 is 1.35 bits per heavy atom. The molecule has 0 bridgehead atoms. The zero-order valence-corrected chi connectivity index (χ0v) is 13.6. The SMILES string of the molecule is CCCNC(C1CCOC1)C1(OCC)CCCC(C)C1. The van der Waals surface area contributed by atoms with Crippen LogP contribution in [0.2, 0.25) is 0 Å². The molecule has 1 aliphatic carbocycles. The molecule has 0 amide bonds. The lowest BCUT2D eigenvalue weighted by molar-refractivity contribution is -0.112. The summed E-state index contributed by atoms with van der Waals surface area (Å²) in [5.41, 5.74) is 0.0416. The molecule has 4 atom stereocenters. The molecule has 1 aliphatic heterocycles. The van der Waals surface area contributed by atoms with Crippen LogP contribution < -0.4 is 5.32 Å². The molecule has 20 heavy (non-hydrogen) atoms. The van der Waals surface area contributed by atoms with Crippen molar-refractivity contribution >= 4 is 0 Å². The van der Waals surface area contributed by atoms with E-state index >= 15 is 0 Å². The maximum absolute atomic E-state index is 6.39. The average molecular weight is 283 g/mol. The first kappa shape index (κ1) is 16.3. The largest absolute Gasteiger partial charge is 0.381 e. The highest BCUT2D eigenvalue weighted by Crippen LogP contribution is 2.41. The Kier molecular flexibility index (Phi) is 6.31. The fourth-order valence-corrected chi connectivity index (χ4v) is 4.23. The number of nitrogens with one attached hydrogen (secondary N) is 1. The molecule has 2 rings (SSSR count). The summed E-state index contributed by atoms with van der Waals surface area (Å²) in [6.07, 6.45) is 7.45. The molecule has 0 aromatic rings. The van der Waals surface area contributed by atoms with Crippen molar-refractivity contribution in [1.82, 2.24) is 5.32 Å². The molecule has 3 heteroatoms. The second-order valence-corrected chi connectivity index (χ2v) is 6.75. The summed E-state index contributed by atoms with van der Waals surface area (Å²) in [7, 11) is 0. The third-order valence-electron chi connectivity index (χ3n) is 5.04. The fourth-order valence-electron chi connectivity index (χ4n) is 4.23. The molecule has 118 valence electrons. The molecule has 0 aromatic carbocycles. The van der Waals surface area contributed by atoms with E-state index in [-0.39, 0.29) is 5.60 Å².